The zero-order valence-corrected chi connectivity index (χ0v) is 7.60. The van der Waals surface area contributed by atoms with Gasteiger partial charge in [-0.25, -0.2) is 0 Å². The van der Waals surface area contributed by atoms with Crippen molar-refractivity contribution in [2.24, 2.45) is 5.41 Å². The summed E-state index contributed by atoms with van der Waals surface area (Å²) >= 11 is 0. The fourth-order valence-corrected chi connectivity index (χ4v) is 1.59. The Bertz CT molecular complexity index is 193. The van der Waals surface area contributed by atoms with Crippen LogP contribution in [0, 0.1) is 10.8 Å². The molecule has 1 saturated heterocycles. The lowest BCUT2D eigenvalue weighted by Crippen LogP contribution is -2.43. The van der Waals surface area contributed by atoms with Crippen molar-refractivity contribution < 1.29 is 4.74 Å². The summed E-state index contributed by atoms with van der Waals surface area (Å²) in [6.45, 7) is 5.59. The molecule has 0 amide bonds. The highest BCUT2D eigenvalue weighted by Crippen LogP contribution is 2.46. The molecule has 2 fully saturated rings. The molecule has 0 atom stereocenters. The van der Waals surface area contributed by atoms with Gasteiger partial charge >= 0.3 is 0 Å². The van der Waals surface area contributed by atoms with Crippen LogP contribution in [-0.2, 0) is 4.74 Å². The number of nitrogens with zero attached hydrogens (tertiary/aromatic N) is 1. The van der Waals surface area contributed by atoms with Crippen molar-refractivity contribution >= 4 is 5.84 Å². The van der Waals surface area contributed by atoms with Gasteiger partial charge in [0.1, 0.15) is 5.84 Å². The van der Waals surface area contributed by atoms with Crippen molar-refractivity contribution in [1.82, 2.24) is 4.90 Å². The van der Waals surface area contributed by atoms with Gasteiger partial charge in [-0.2, -0.15) is 0 Å². The largest absolute Gasteiger partial charge is 0.378 e. The van der Waals surface area contributed by atoms with E-state index in [1.807, 2.05) is 0 Å². The number of ether oxygens (including phenoxy) is 1. The van der Waals surface area contributed by atoms with Gasteiger partial charge in [0.05, 0.1) is 13.2 Å². The van der Waals surface area contributed by atoms with Crippen LogP contribution in [0.2, 0.25) is 0 Å². The fraction of sp³-hybridized carbons (Fsp3) is 0.889. The molecule has 0 aromatic carbocycles. The molecular weight excluding hydrogens is 152 g/mol. The lowest BCUT2D eigenvalue weighted by atomic mass is 10.1. The van der Waals surface area contributed by atoms with Gasteiger partial charge in [-0.15, -0.1) is 0 Å². The van der Waals surface area contributed by atoms with E-state index in [1.165, 1.54) is 12.8 Å². The van der Waals surface area contributed by atoms with Gasteiger partial charge in [0.15, 0.2) is 0 Å². The Morgan fingerprint density at radius 2 is 1.92 bits per heavy atom. The predicted octanol–water partition coefficient (Wildman–Crippen LogP) is 1.10. The summed E-state index contributed by atoms with van der Waals surface area (Å²) in [4.78, 5) is 2.16. The molecule has 1 aliphatic heterocycles. The molecule has 0 bridgehead atoms. The number of hydrogen-bond donors (Lipinski definition) is 1. The molecule has 3 heteroatoms. The van der Waals surface area contributed by atoms with E-state index < -0.39 is 0 Å². The number of nitrogens with one attached hydrogen (secondary N) is 1. The second kappa shape index (κ2) is 2.73. The lowest BCUT2D eigenvalue weighted by molar-refractivity contribution is 0.0653. The van der Waals surface area contributed by atoms with Gasteiger partial charge in [0.25, 0.3) is 0 Å². The van der Waals surface area contributed by atoms with E-state index in [4.69, 9.17) is 10.1 Å². The highest BCUT2D eigenvalue weighted by molar-refractivity contribution is 5.87. The highest BCUT2D eigenvalue weighted by Gasteiger charge is 2.44. The molecule has 1 N–H and O–H groups in total. The smallest absolute Gasteiger partial charge is 0.102 e. The maximum absolute atomic E-state index is 7.97. The average molecular weight is 168 g/mol. The summed E-state index contributed by atoms with van der Waals surface area (Å²) in [5.41, 5.74) is 0.220. The maximum atomic E-state index is 7.97. The van der Waals surface area contributed by atoms with Crippen LogP contribution in [0.3, 0.4) is 0 Å². The molecule has 3 nitrogen and oxygen atoms in total. The van der Waals surface area contributed by atoms with Crippen molar-refractivity contribution in [1.29, 1.82) is 5.41 Å². The molecule has 1 saturated carbocycles. The summed E-state index contributed by atoms with van der Waals surface area (Å²) in [6.07, 6.45) is 2.40. The molecular formula is C9H16N2O. The molecule has 0 unspecified atom stereocenters. The Morgan fingerprint density at radius 3 is 2.42 bits per heavy atom. The second-order valence-corrected chi connectivity index (χ2v) is 4.01. The van der Waals surface area contributed by atoms with Crippen LogP contribution >= 0.6 is 0 Å². The van der Waals surface area contributed by atoms with Crippen LogP contribution in [0.1, 0.15) is 19.8 Å². The third kappa shape index (κ3) is 1.33. The van der Waals surface area contributed by atoms with E-state index in [0.29, 0.717) is 0 Å². The van der Waals surface area contributed by atoms with Crippen molar-refractivity contribution in [3.63, 3.8) is 0 Å². The Hall–Kier alpha value is -0.570. The van der Waals surface area contributed by atoms with E-state index in [-0.39, 0.29) is 5.41 Å². The second-order valence-electron chi connectivity index (χ2n) is 4.01. The Labute approximate surface area is 73.2 Å². The first-order valence-corrected chi connectivity index (χ1v) is 4.64. The van der Waals surface area contributed by atoms with E-state index in [1.54, 1.807) is 0 Å². The molecule has 68 valence electrons. The van der Waals surface area contributed by atoms with Gasteiger partial charge in [0.2, 0.25) is 0 Å². The number of morpholine rings is 1. The molecule has 2 rings (SSSR count). The predicted molar refractivity (Wildman–Crippen MR) is 47.5 cm³/mol. The monoisotopic (exact) mass is 168 g/mol. The zero-order chi connectivity index (χ0) is 8.60. The molecule has 1 heterocycles. The molecule has 0 aromatic heterocycles. The summed E-state index contributed by atoms with van der Waals surface area (Å²) in [7, 11) is 0. The third-order valence-electron chi connectivity index (χ3n) is 2.90. The van der Waals surface area contributed by atoms with Crippen LogP contribution in [0.4, 0.5) is 0 Å². The normalized spacial score (nSPS) is 26.9. The Balaban J connectivity index is 1.94. The molecule has 0 radical (unpaired) electrons. The number of amidine groups is 1. The van der Waals surface area contributed by atoms with Gasteiger partial charge in [-0.1, -0.05) is 6.92 Å². The fourth-order valence-electron chi connectivity index (χ4n) is 1.59. The van der Waals surface area contributed by atoms with Crippen molar-refractivity contribution in [2.45, 2.75) is 19.8 Å². The van der Waals surface area contributed by atoms with Crippen molar-refractivity contribution in [3.8, 4) is 0 Å². The van der Waals surface area contributed by atoms with Gasteiger partial charge in [-0.05, 0) is 12.8 Å². The highest BCUT2D eigenvalue weighted by atomic mass is 16.5. The van der Waals surface area contributed by atoms with Crippen LogP contribution in [0.5, 0.6) is 0 Å². The van der Waals surface area contributed by atoms with Crippen LogP contribution in [0.15, 0.2) is 0 Å². The minimum absolute atomic E-state index is 0.220. The third-order valence-corrected chi connectivity index (χ3v) is 2.90. The standard InChI is InChI=1S/C9H16N2O/c1-9(2-3-9)8(10)11-4-6-12-7-5-11/h10H,2-7H2,1H3. The molecule has 12 heavy (non-hydrogen) atoms. The number of hydrogen-bond acceptors (Lipinski definition) is 2. The van der Waals surface area contributed by atoms with E-state index >= 15 is 0 Å². The van der Waals surface area contributed by atoms with E-state index in [2.05, 4.69) is 11.8 Å². The zero-order valence-electron chi connectivity index (χ0n) is 7.60. The molecule has 1 aliphatic carbocycles. The van der Waals surface area contributed by atoms with Crippen molar-refractivity contribution in [2.75, 3.05) is 26.3 Å². The van der Waals surface area contributed by atoms with Crippen LogP contribution in [0.25, 0.3) is 0 Å². The Kier molecular flexibility index (Phi) is 1.83. The molecule has 2 aliphatic rings. The quantitative estimate of drug-likeness (QED) is 0.470. The first-order chi connectivity index (χ1) is 5.72. The SMILES string of the molecule is CC1(C(=N)N2CCOCC2)CC1. The summed E-state index contributed by atoms with van der Waals surface area (Å²) in [5.74, 6) is 0.839. The van der Waals surface area contributed by atoms with Crippen LogP contribution < -0.4 is 0 Å². The lowest BCUT2D eigenvalue weighted by Gasteiger charge is -2.31. The first-order valence-electron chi connectivity index (χ1n) is 4.64. The van der Waals surface area contributed by atoms with Gasteiger partial charge < -0.3 is 9.64 Å². The summed E-state index contributed by atoms with van der Waals surface area (Å²) in [6, 6.07) is 0. The van der Waals surface area contributed by atoms with Crippen LogP contribution in [-0.4, -0.2) is 37.0 Å². The van der Waals surface area contributed by atoms with Gasteiger partial charge in [-0.3, -0.25) is 5.41 Å². The minimum Gasteiger partial charge on any atom is -0.378 e. The van der Waals surface area contributed by atoms with Gasteiger partial charge in [0, 0.05) is 18.5 Å². The Morgan fingerprint density at radius 1 is 1.33 bits per heavy atom. The summed E-state index contributed by atoms with van der Waals surface area (Å²) < 4.78 is 5.24. The number of rotatable bonds is 1. The summed E-state index contributed by atoms with van der Waals surface area (Å²) in [5, 5.41) is 7.97. The molecule has 0 spiro atoms. The first kappa shape index (κ1) is 8.05. The average Bonchev–Trinajstić information content (AvgIpc) is 2.85. The minimum atomic E-state index is 0.220. The molecule has 0 aromatic rings. The van der Waals surface area contributed by atoms with Crippen molar-refractivity contribution in [3.05, 3.63) is 0 Å². The topological polar surface area (TPSA) is 36.3 Å². The van der Waals surface area contributed by atoms with E-state index in [9.17, 15) is 0 Å². The van der Waals surface area contributed by atoms with E-state index in [0.717, 1.165) is 32.1 Å². The maximum Gasteiger partial charge on any atom is 0.102 e.